The lowest BCUT2D eigenvalue weighted by Crippen LogP contribution is -2.28. The minimum Gasteiger partial charge on any atom is -0.388 e. The topological polar surface area (TPSA) is 32.3 Å². The number of anilines is 1. The Balaban J connectivity index is 1.94. The molecule has 0 bridgehead atoms. The lowest BCUT2D eigenvalue weighted by molar-refractivity contribution is 0.0796. The zero-order chi connectivity index (χ0) is 14.4. The SMILES string of the molecule is CNc1ccc(C(=O)N(C)CCc2ccccc2)cc1. The Morgan fingerprint density at radius 1 is 1.05 bits per heavy atom. The number of hydrogen-bond acceptors (Lipinski definition) is 2. The van der Waals surface area contributed by atoms with E-state index in [0.29, 0.717) is 0 Å². The van der Waals surface area contributed by atoms with Crippen LogP contribution < -0.4 is 5.32 Å². The molecule has 2 rings (SSSR count). The number of nitrogens with one attached hydrogen (secondary N) is 1. The highest BCUT2D eigenvalue weighted by Crippen LogP contribution is 2.11. The van der Waals surface area contributed by atoms with E-state index in [1.54, 1.807) is 4.90 Å². The summed E-state index contributed by atoms with van der Waals surface area (Å²) in [5.74, 6) is 0.0589. The van der Waals surface area contributed by atoms with E-state index < -0.39 is 0 Å². The van der Waals surface area contributed by atoms with Gasteiger partial charge in [-0.1, -0.05) is 30.3 Å². The van der Waals surface area contributed by atoms with E-state index in [4.69, 9.17) is 0 Å². The number of likely N-dealkylation sites (N-methyl/N-ethyl adjacent to an activating group) is 1. The van der Waals surface area contributed by atoms with Gasteiger partial charge in [-0.2, -0.15) is 0 Å². The number of amides is 1. The number of nitrogens with zero attached hydrogens (tertiary/aromatic N) is 1. The summed E-state index contributed by atoms with van der Waals surface area (Å²) >= 11 is 0. The van der Waals surface area contributed by atoms with Gasteiger partial charge in [-0.15, -0.1) is 0 Å². The molecule has 0 aliphatic carbocycles. The number of hydrogen-bond donors (Lipinski definition) is 1. The summed E-state index contributed by atoms with van der Waals surface area (Å²) in [6, 6.07) is 17.7. The van der Waals surface area contributed by atoms with Gasteiger partial charge < -0.3 is 10.2 Å². The highest BCUT2D eigenvalue weighted by atomic mass is 16.2. The van der Waals surface area contributed by atoms with E-state index in [2.05, 4.69) is 17.4 Å². The Morgan fingerprint density at radius 3 is 2.30 bits per heavy atom. The lowest BCUT2D eigenvalue weighted by Gasteiger charge is -2.17. The molecule has 2 aromatic rings. The first-order valence-electron chi connectivity index (χ1n) is 6.78. The monoisotopic (exact) mass is 268 g/mol. The maximum absolute atomic E-state index is 12.3. The molecule has 0 aromatic heterocycles. The fourth-order valence-corrected chi connectivity index (χ4v) is 2.04. The molecule has 2 aromatic carbocycles. The third kappa shape index (κ3) is 3.60. The molecule has 0 saturated carbocycles. The highest BCUT2D eigenvalue weighted by Gasteiger charge is 2.11. The number of rotatable bonds is 5. The summed E-state index contributed by atoms with van der Waals surface area (Å²) in [5, 5.41) is 3.04. The maximum atomic E-state index is 12.3. The van der Waals surface area contributed by atoms with Crippen molar-refractivity contribution in [2.45, 2.75) is 6.42 Å². The molecule has 104 valence electrons. The van der Waals surface area contributed by atoms with Gasteiger partial charge in [0.05, 0.1) is 0 Å². The van der Waals surface area contributed by atoms with Crippen LogP contribution in [-0.2, 0) is 6.42 Å². The largest absolute Gasteiger partial charge is 0.388 e. The Kier molecular flexibility index (Phi) is 4.77. The van der Waals surface area contributed by atoms with Crippen LogP contribution >= 0.6 is 0 Å². The summed E-state index contributed by atoms with van der Waals surface area (Å²) in [6.45, 7) is 0.719. The van der Waals surface area contributed by atoms with Crippen LogP contribution in [0.25, 0.3) is 0 Å². The number of carbonyl (C=O) groups excluding carboxylic acids is 1. The second kappa shape index (κ2) is 6.75. The van der Waals surface area contributed by atoms with Crippen molar-refractivity contribution >= 4 is 11.6 Å². The van der Waals surface area contributed by atoms with Gasteiger partial charge >= 0.3 is 0 Å². The van der Waals surface area contributed by atoms with Crippen LogP contribution in [0.5, 0.6) is 0 Å². The molecule has 20 heavy (non-hydrogen) atoms. The predicted octanol–water partition coefficient (Wildman–Crippen LogP) is 3.04. The van der Waals surface area contributed by atoms with Crippen molar-refractivity contribution in [2.24, 2.45) is 0 Å². The van der Waals surface area contributed by atoms with Crippen molar-refractivity contribution in [3.8, 4) is 0 Å². The van der Waals surface area contributed by atoms with Crippen molar-refractivity contribution in [2.75, 3.05) is 26.0 Å². The summed E-state index contributed by atoms with van der Waals surface area (Å²) in [5.41, 5.74) is 2.98. The molecule has 1 amide bonds. The highest BCUT2D eigenvalue weighted by molar-refractivity contribution is 5.94. The molecular formula is C17H20N2O. The van der Waals surface area contributed by atoms with E-state index in [0.717, 1.165) is 24.2 Å². The molecule has 0 fully saturated rings. The van der Waals surface area contributed by atoms with Gasteiger partial charge in [0, 0.05) is 31.9 Å². The standard InChI is InChI=1S/C17H20N2O/c1-18-16-10-8-15(9-11-16)17(20)19(2)13-12-14-6-4-3-5-7-14/h3-11,18H,12-13H2,1-2H3. The van der Waals surface area contributed by atoms with Gasteiger partial charge in [-0.25, -0.2) is 0 Å². The summed E-state index contributed by atoms with van der Waals surface area (Å²) in [7, 11) is 3.71. The van der Waals surface area contributed by atoms with Gasteiger partial charge in [0.1, 0.15) is 0 Å². The van der Waals surface area contributed by atoms with Gasteiger partial charge in [0.25, 0.3) is 5.91 Å². The minimum absolute atomic E-state index is 0.0589. The first-order chi connectivity index (χ1) is 9.70. The fourth-order valence-electron chi connectivity index (χ4n) is 2.04. The van der Waals surface area contributed by atoms with Crippen LogP contribution in [0.1, 0.15) is 15.9 Å². The summed E-state index contributed by atoms with van der Waals surface area (Å²) in [6.07, 6.45) is 0.873. The van der Waals surface area contributed by atoms with Crippen LogP contribution in [0.15, 0.2) is 54.6 Å². The first-order valence-corrected chi connectivity index (χ1v) is 6.78. The van der Waals surface area contributed by atoms with Crippen molar-refractivity contribution in [3.05, 3.63) is 65.7 Å². The van der Waals surface area contributed by atoms with E-state index >= 15 is 0 Å². The molecule has 0 spiro atoms. The Bertz CT molecular complexity index is 549. The molecule has 0 radical (unpaired) electrons. The van der Waals surface area contributed by atoms with Crippen LogP contribution in [0.4, 0.5) is 5.69 Å². The zero-order valence-corrected chi connectivity index (χ0v) is 12.0. The number of benzene rings is 2. The molecule has 3 nitrogen and oxygen atoms in total. The summed E-state index contributed by atoms with van der Waals surface area (Å²) < 4.78 is 0. The Morgan fingerprint density at radius 2 is 1.70 bits per heavy atom. The fraction of sp³-hybridized carbons (Fsp3) is 0.235. The van der Waals surface area contributed by atoms with E-state index in [1.807, 2.05) is 56.6 Å². The van der Waals surface area contributed by atoms with Crippen LogP contribution in [0.3, 0.4) is 0 Å². The average Bonchev–Trinajstić information content (AvgIpc) is 2.53. The minimum atomic E-state index is 0.0589. The maximum Gasteiger partial charge on any atom is 0.253 e. The Hall–Kier alpha value is -2.29. The normalized spacial score (nSPS) is 10.1. The van der Waals surface area contributed by atoms with Crippen LogP contribution in [0, 0.1) is 0 Å². The Labute approximate surface area is 120 Å². The molecule has 1 N–H and O–H groups in total. The molecular weight excluding hydrogens is 248 g/mol. The smallest absolute Gasteiger partial charge is 0.253 e. The van der Waals surface area contributed by atoms with Crippen LogP contribution in [0.2, 0.25) is 0 Å². The first kappa shape index (κ1) is 14.1. The quantitative estimate of drug-likeness (QED) is 0.904. The number of carbonyl (C=O) groups is 1. The molecule has 3 heteroatoms. The zero-order valence-electron chi connectivity index (χ0n) is 12.0. The van der Waals surface area contributed by atoms with Crippen molar-refractivity contribution in [3.63, 3.8) is 0 Å². The molecule has 0 unspecified atom stereocenters. The summed E-state index contributed by atoms with van der Waals surface area (Å²) in [4.78, 5) is 14.0. The second-order valence-electron chi connectivity index (χ2n) is 4.79. The van der Waals surface area contributed by atoms with Gasteiger partial charge in [-0.05, 0) is 36.2 Å². The molecule has 0 heterocycles. The third-order valence-electron chi connectivity index (χ3n) is 3.35. The van der Waals surface area contributed by atoms with Gasteiger partial charge in [0.15, 0.2) is 0 Å². The molecule has 0 atom stereocenters. The lowest BCUT2D eigenvalue weighted by atomic mass is 10.1. The predicted molar refractivity (Wildman–Crippen MR) is 83.1 cm³/mol. The van der Waals surface area contributed by atoms with Crippen LogP contribution in [-0.4, -0.2) is 31.4 Å². The van der Waals surface area contributed by atoms with Crippen molar-refractivity contribution in [1.29, 1.82) is 0 Å². The van der Waals surface area contributed by atoms with E-state index in [9.17, 15) is 4.79 Å². The third-order valence-corrected chi connectivity index (χ3v) is 3.35. The molecule has 0 aliphatic rings. The van der Waals surface area contributed by atoms with Crippen molar-refractivity contribution < 1.29 is 4.79 Å². The molecule has 0 saturated heterocycles. The average molecular weight is 268 g/mol. The van der Waals surface area contributed by atoms with Crippen molar-refractivity contribution in [1.82, 2.24) is 4.90 Å². The van der Waals surface area contributed by atoms with E-state index in [-0.39, 0.29) is 5.91 Å². The van der Waals surface area contributed by atoms with Gasteiger partial charge in [-0.3, -0.25) is 4.79 Å². The second-order valence-corrected chi connectivity index (χ2v) is 4.79. The van der Waals surface area contributed by atoms with E-state index in [1.165, 1.54) is 5.56 Å². The van der Waals surface area contributed by atoms with Gasteiger partial charge in [0.2, 0.25) is 0 Å². The molecule has 0 aliphatic heterocycles.